The molecule has 2 aromatic carbocycles. The second kappa shape index (κ2) is 12.1. The van der Waals surface area contributed by atoms with Gasteiger partial charge in [0.1, 0.15) is 0 Å². The summed E-state index contributed by atoms with van der Waals surface area (Å²) < 4.78 is 60.4. The molecule has 2 aromatic rings. The Hall–Kier alpha value is -1.24. The number of rotatable bonds is 12. The molecule has 0 saturated heterocycles. The molecule has 0 aliphatic heterocycles. The Kier molecular flexibility index (Phi) is 10.3. The van der Waals surface area contributed by atoms with E-state index in [-0.39, 0.29) is 29.5 Å². The van der Waals surface area contributed by atoms with Crippen molar-refractivity contribution < 1.29 is 26.7 Å². The van der Waals surface area contributed by atoms with Crippen molar-refractivity contribution in [2.45, 2.75) is 35.8 Å². The van der Waals surface area contributed by atoms with Gasteiger partial charge < -0.3 is 9.84 Å². The molecule has 2 rings (SSSR count). The lowest BCUT2D eigenvalue weighted by molar-refractivity contribution is 0.0360. The van der Waals surface area contributed by atoms with E-state index in [1.165, 1.54) is 54.9 Å². The number of nitrogens with zero attached hydrogens (tertiary/aromatic N) is 2. The topological polar surface area (TPSA) is 104 Å². The SMILES string of the molecule is CO[C@@H](CN(C)S(=O)(=O)c1cccc(Cl)c1)[C@@H](C)CN([C@@H](C)CO)S(=O)(=O)c1ccc(Cl)cc1. The van der Waals surface area contributed by atoms with Crippen LogP contribution in [0.15, 0.2) is 58.3 Å². The van der Waals surface area contributed by atoms with Crippen molar-refractivity contribution >= 4 is 43.2 Å². The van der Waals surface area contributed by atoms with E-state index in [1.807, 2.05) is 0 Å². The standard InChI is InChI=1S/C22H30Cl2N2O6S2/c1-16(13-26(17(2)15-27)34(30,31)20-10-8-18(23)9-11-20)22(32-4)14-25(3)33(28,29)21-7-5-6-19(24)12-21/h5-12,16-17,22,27H,13-15H2,1-4H3/t16-,17-,22-/m0/s1. The normalized spacial score (nSPS) is 15.4. The number of likely N-dealkylation sites (N-methyl/N-ethyl adjacent to an activating group) is 1. The smallest absolute Gasteiger partial charge is 0.243 e. The van der Waals surface area contributed by atoms with E-state index in [0.29, 0.717) is 10.0 Å². The Morgan fingerprint density at radius 1 is 0.912 bits per heavy atom. The van der Waals surface area contributed by atoms with Gasteiger partial charge in [-0.1, -0.05) is 36.2 Å². The maximum atomic E-state index is 13.3. The first-order chi connectivity index (χ1) is 15.8. The molecule has 0 unspecified atom stereocenters. The molecule has 1 N–H and O–H groups in total. The number of aliphatic hydroxyl groups excluding tert-OH is 1. The lowest BCUT2D eigenvalue weighted by Gasteiger charge is -2.33. The molecule has 190 valence electrons. The van der Waals surface area contributed by atoms with Crippen LogP contribution >= 0.6 is 23.2 Å². The molecule has 0 aromatic heterocycles. The monoisotopic (exact) mass is 552 g/mol. The zero-order valence-electron chi connectivity index (χ0n) is 19.4. The minimum absolute atomic E-state index is 0.00372. The lowest BCUT2D eigenvalue weighted by Crippen LogP contribution is -2.47. The van der Waals surface area contributed by atoms with E-state index < -0.39 is 38.1 Å². The third-order valence-electron chi connectivity index (χ3n) is 5.52. The summed E-state index contributed by atoms with van der Waals surface area (Å²) >= 11 is 11.8. The largest absolute Gasteiger partial charge is 0.395 e. The van der Waals surface area contributed by atoms with Gasteiger partial charge in [-0.05, 0) is 55.3 Å². The number of sulfonamides is 2. The highest BCUT2D eigenvalue weighted by molar-refractivity contribution is 7.89. The van der Waals surface area contributed by atoms with E-state index in [9.17, 15) is 21.9 Å². The third kappa shape index (κ3) is 6.92. The fourth-order valence-electron chi connectivity index (χ4n) is 3.40. The zero-order valence-corrected chi connectivity index (χ0v) is 22.6. The highest BCUT2D eigenvalue weighted by Gasteiger charge is 2.34. The predicted octanol–water partition coefficient (Wildman–Crippen LogP) is 3.34. The van der Waals surface area contributed by atoms with Crippen molar-refractivity contribution in [3.05, 3.63) is 58.6 Å². The molecule has 0 radical (unpaired) electrons. The number of ether oxygens (including phenoxy) is 1. The summed E-state index contributed by atoms with van der Waals surface area (Å²) in [6.07, 6.45) is -0.632. The van der Waals surface area contributed by atoms with E-state index in [1.54, 1.807) is 26.0 Å². The van der Waals surface area contributed by atoms with Gasteiger partial charge in [0.2, 0.25) is 20.0 Å². The van der Waals surface area contributed by atoms with Crippen molar-refractivity contribution in [3.8, 4) is 0 Å². The average molecular weight is 554 g/mol. The number of halogens is 2. The highest BCUT2D eigenvalue weighted by atomic mass is 35.5. The van der Waals surface area contributed by atoms with Crippen LogP contribution in [0.2, 0.25) is 10.0 Å². The van der Waals surface area contributed by atoms with Gasteiger partial charge in [-0.2, -0.15) is 8.61 Å². The number of benzene rings is 2. The zero-order chi connectivity index (χ0) is 25.7. The Bertz CT molecular complexity index is 1160. The molecule has 0 amide bonds. The van der Waals surface area contributed by atoms with Gasteiger partial charge in [0.25, 0.3) is 0 Å². The molecular formula is C22H30Cl2N2O6S2. The second-order valence-electron chi connectivity index (χ2n) is 8.05. The molecule has 12 heteroatoms. The van der Waals surface area contributed by atoms with Crippen LogP contribution < -0.4 is 0 Å². The van der Waals surface area contributed by atoms with Crippen LogP contribution in [0.4, 0.5) is 0 Å². The highest BCUT2D eigenvalue weighted by Crippen LogP contribution is 2.24. The van der Waals surface area contributed by atoms with Gasteiger partial charge in [-0.15, -0.1) is 0 Å². The van der Waals surface area contributed by atoms with Crippen molar-refractivity contribution in [1.29, 1.82) is 0 Å². The Balaban J connectivity index is 2.26. The molecular weight excluding hydrogens is 523 g/mol. The Labute approximate surface area is 212 Å². The molecule has 0 fully saturated rings. The van der Waals surface area contributed by atoms with Crippen LogP contribution in [-0.2, 0) is 24.8 Å². The van der Waals surface area contributed by atoms with Crippen LogP contribution in [0.25, 0.3) is 0 Å². The molecule has 8 nitrogen and oxygen atoms in total. The van der Waals surface area contributed by atoms with Gasteiger partial charge in [0, 0.05) is 43.3 Å². The van der Waals surface area contributed by atoms with Crippen LogP contribution in [0, 0.1) is 5.92 Å². The minimum Gasteiger partial charge on any atom is -0.395 e. The third-order valence-corrected chi connectivity index (χ3v) is 9.82. The predicted molar refractivity (Wildman–Crippen MR) is 133 cm³/mol. The number of hydrogen-bond acceptors (Lipinski definition) is 6. The average Bonchev–Trinajstić information content (AvgIpc) is 2.80. The Morgan fingerprint density at radius 2 is 1.53 bits per heavy atom. The van der Waals surface area contributed by atoms with E-state index in [4.69, 9.17) is 27.9 Å². The first kappa shape index (κ1) is 29.0. The van der Waals surface area contributed by atoms with Crippen molar-refractivity contribution in [2.24, 2.45) is 5.92 Å². The van der Waals surface area contributed by atoms with Crippen molar-refractivity contribution in [2.75, 3.05) is 33.9 Å². The van der Waals surface area contributed by atoms with Crippen LogP contribution in [0.5, 0.6) is 0 Å². The van der Waals surface area contributed by atoms with Crippen molar-refractivity contribution in [3.63, 3.8) is 0 Å². The summed E-state index contributed by atoms with van der Waals surface area (Å²) in [5.41, 5.74) is 0. The first-order valence-electron chi connectivity index (χ1n) is 10.5. The molecule has 34 heavy (non-hydrogen) atoms. The molecule has 0 heterocycles. The maximum Gasteiger partial charge on any atom is 0.243 e. The van der Waals surface area contributed by atoms with Crippen LogP contribution in [0.3, 0.4) is 0 Å². The molecule has 0 aliphatic rings. The van der Waals surface area contributed by atoms with Gasteiger partial charge >= 0.3 is 0 Å². The molecule has 0 aliphatic carbocycles. The fourth-order valence-corrected chi connectivity index (χ4v) is 6.73. The molecule has 3 atom stereocenters. The van der Waals surface area contributed by atoms with Gasteiger partial charge in [-0.25, -0.2) is 16.8 Å². The number of aliphatic hydroxyl groups is 1. The van der Waals surface area contributed by atoms with Crippen molar-refractivity contribution in [1.82, 2.24) is 8.61 Å². The maximum absolute atomic E-state index is 13.3. The second-order valence-corrected chi connectivity index (χ2v) is 12.9. The molecule has 0 saturated carbocycles. The summed E-state index contributed by atoms with van der Waals surface area (Å²) in [5.74, 6) is -0.418. The lowest BCUT2D eigenvalue weighted by atomic mass is 10.0. The molecule has 0 bridgehead atoms. The van der Waals surface area contributed by atoms with Gasteiger partial charge in [-0.3, -0.25) is 0 Å². The minimum atomic E-state index is -3.96. The van der Waals surface area contributed by atoms with Gasteiger partial charge in [0.05, 0.1) is 22.5 Å². The first-order valence-corrected chi connectivity index (χ1v) is 14.1. The van der Waals surface area contributed by atoms with Gasteiger partial charge in [0.15, 0.2) is 0 Å². The quantitative estimate of drug-likeness (QED) is 0.433. The Morgan fingerprint density at radius 3 is 2.06 bits per heavy atom. The van der Waals surface area contributed by atoms with Crippen LogP contribution in [-0.4, -0.2) is 76.6 Å². The summed E-state index contributed by atoms with van der Waals surface area (Å²) in [6, 6.07) is 11.0. The summed E-state index contributed by atoms with van der Waals surface area (Å²) in [6.45, 7) is 2.95. The fraction of sp³-hybridized carbons (Fsp3) is 0.455. The number of hydrogen-bond donors (Lipinski definition) is 1. The van der Waals surface area contributed by atoms with E-state index >= 15 is 0 Å². The molecule has 0 spiro atoms. The van der Waals surface area contributed by atoms with Crippen LogP contribution in [0.1, 0.15) is 13.8 Å². The number of methoxy groups -OCH3 is 1. The van der Waals surface area contributed by atoms with E-state index in [2.05, 4.69) is 0 Å². The summed E-state index contributed by atoms with van der Waals surface area (Å²) in [4.78, 5) is 0.0878. The summed E-state index contributed by atoms with van der Waals surface area (Å²) in [7, 11) is -4.94. The summed E-state index contributed by atoms with van der Waals surface area (Å²) in [5, 5.41) is 10.4. The van der Waals surface area contributed by atoms with E-state index in [0.717, 1.165) is 4.31 Å².